The Balaban J connectivity index is 2.34. The van der Waals surface area contributed by atoms with Crippen LogP contribution >= 0.6 is 0 Å². The van der Waals surface area contributed by atoms with E-state index in [0.29, 0.717) is 6.61 Å². The van der Waals surface area contributed by atoms with Gasteiger partial charge < -0.3 is 4.74 Å². The molecule has 1 aliphatic rings. The molecule has 3 aromatic rings. The molecule has 0 fully saturated rings. The van der Waals surface area contributed by atoms with E-state index in [0.717, 1.165) is 5.75 Å². The van der Waals surface area contributed by atoms with Gasteiger partial charge in [0, 0.05) is 10.9 Å². The second kappa shape index (κ2) is 2.76. The van der Waals surface area contributed by atoms with Gasteiger partial charge in [0.05, 0.1) is 0 Å². The summed E-state index contributed by atoms with van der Waals surface area (Å²) in [5.41, 5.74) is 1.34. The number of hydrogen-bond donors (Lipinski definition) is 0. The highest BCUT2D eigenvalue weighted by Crippen LogP contribution is 2.39. The predicted octanol–water partition coefficient (Wildman–Crippen LogP) is 3.89. The summed E-state index contributed by atoms with van der Waals surface area (Å²) >= 11 is 0. The Labute approximate surface area is 93.3 Å². The van der Waals surface area contributed by atoms with Gasteiger partial charge in [0.1, 0.15) is 12.4 Å². The van der Waals surface area contributed by atoms with Gasteiger partial charge in [0.15, 0.2) is 0 Å². The van der Waals surface area contributed by atoms with Crippen LogP contribution in [0.15, 0.2) is 48.5 Å². The van der Waals surface area contributed by atoms with Crippen molar-refractivity contribution in [3.05, 3.63) is 54.1 Å². The first-order valence-corrected chi connectivity index (χ1v) is 5.50. The Bertz CT molecular complexity index is 713. The lowest BCUT2D eigenvalue weighted by Crippen LogP contribution is -1.86. The zero-order valence-electron chi connectivity index (χ0n) is 8.73. The van der Waals surface area contributed by atoms with Crippen molar-refractivity contribution in [2.75, 3.05) is 0 Å². The van der Waals surface area contributed by atoms with Gasteiger partial charge in [-0.3, -0.25) is 0 Å². The highest BCUT2D eigenvalue weighted by molar-refractivity contribution is 6.05. The van der Waals surface area contributed by atoms with Crippen molar-refractivity contribution in [1.82, 2.24) is 0 Å². The molecule has 0 saturated heterocycles. The first-order valence-electron chi connectivity index (χ1n) is 5.50. The third-order valence-corrected chi connectivity index (χ3v) is 3.33. The summed E-state index contributed by atoms with van der Waals surface area (Å²) < 4.78 is 5.72. The first kappa shape index (κ1) is 8.17. The molecule has 0 atom stereocenters. The van der Waals surface area contributed by atoms with Crippen molar-refractivity contribution < 1.29 is 4.74 Å². The molecule has 0 radical (unpaired) electrons. The normalized spacial score (nSPS) is 13.2. The smallest absolute Gasteiger partial charge is 0.128 e. The molecule has 0 bridgehead atoms. The van der Waals surface area contributed by atoms with E-state index in [4.69, 9.17) is 4.74 Å². The fourth-order valence-corrected chi connectivity index (χ4v) is 2.61. The molecule has 0 N–H and O–H groups in total. The highest BCUT2D eigenvalue weighted by atomic mass is 16.5. The molecule has 1 aliphatic heterocycles. The maximum absolute atomic E-state index is 5.72. The summed E-state index contributed by atoms with van der Waals surface area (Å²) in [6, 6.07) is 17.0. The Morgan fingerprint density at radius 3 is 2.75 bits per heavy atom. The number of rotatable bonds is 0. The fourth-order valence-electron chi connectivity index (χ4n) is 2.61. The van der Waals surface area contributed by atoms with Gasteiger partial charge in [-0.1, -0.05) is 36.4 Å². The van der Waals surface area contributed by atoms with Gasteiger partial charge in [-0.25, -0.2) is 0 Å². The van der Waals surface area contributed by atoms with E-state index in [2.05, 4.69) is 42.5 Å². The van der Waals surface area contributed by atoms with Gasteiger partial charge in [-0.15, -0.1) is 0 Å². The molecule has 3 aromatic carbocycles. The molecule has 1 nitrogen and oxygen atoms in total. The van der Waals surface area contributed by atoms with E-state index in [1.165, 1.54) is 27.1 Å². The van der Waals surface area contributed by atoms with E-state index < -0.39 is 0 Å². The van der Waals surface area contributed by atoms with Crippen molar-refractivity contribution in [3.63, 3.8) is 0 Å². The van der Waals surface area contributed by atoms with E-state index >= 15 is 0 Å². The number of hydrogen-bond acceptors (Lipinski definition) is 1. The fraction of sp³-hybridized carbons (Fsp3) is 0.0667. The van der Waals surface area contributed by atoms with Gasteiger partial charge in [-0.05, 0) is 28.3 Å². The molecular weight excluding hydrogens is 196 g/mol. The summed E-state index contributed by atoms with van der Waals surface area (Å²) in [6.45, 7) is 0.706. The quantitative estimate of drug-likeness (QED) is 0.507. The van der Waals surface area contributed by atoms with E-state index in [-0.39, 0.29) is 0 Å². The third-order valence-electron chi connectivity index (χ3n) is 3.33. The number of fused-ring (bicyclic) bond motifs is 2. The Hall–Kier alpha value is -2.02. The van der Waals surface area contributed by atoms with Crippen LogP contribution in [0.4, 0.5) is 0 Å². The molecule has 0 aromatic heterocycles. The summed E-state index contributed by atoms with van der Waals surface area (Å²) in [6.07, 6.45) is 0. The summed E-state index contributed by atoms with van der Waals surface area (Å²) in [5.74, 6) is 1.03. The number of benzene rings is 3. The average Bonchev–Trinajstić information content (AvgIpc) is 2.76. The van der Waals surface area contributed by atoms with Crippen LogP contribution in [-0.2, 0) is 6.61 Å². The van der Waals surface area contributed by atoms with Crippen molar-refractivity contribution in [2.24, 2.45) is 0 Å². The van der Waals surface area contributed by atoms with Crippen molar-refractivity contribution in [3.8, 4) is 5.75 Å². The molecule has 16 heavy (non-hydrogen) atoms. The minimum atomic E-state index is 0.706. The van der Waals surface area contributed by atoms with Crippen LogP contribution < -0.4 is 4.74 Å². The van der Waals surface area contributed by atoms with E-state index in [1.807, 2.05) is 6.07 Å². The Morgan fingerprint density at radius 2 is 1.75 bits per heavy atom. The molecule has 1 heteroatoms. The minimum absolute atomic E-state index is 0.706. The van der Waals surface area contributed by atoms with Gasteiger partial charge in [-0.2, -0.15) is 0 Å². The lowest BCUT2D eigenvalue weighted by Gasteiger charge is -2.04. The summed E-state index contributed by atoms with van der Waals surface area (Å²) in [5, 5.41) is 5.19. The number of ether oxygens (including phenoxy) is 1. The van der Waals surface area contributed by atoms with Gasteiger partial charge in [0.2, 0.25) is 0 Å². The molecule has 0 unspecified atom stereocenters. The standard InChI is InChI=1S/C15H10O/c1-2-6-12-10(4-1)8-11-5-3-7-14-15(11)13(12)9-16-14/h1-8H,9H2. The highest BCUT2D eigenvalue weighted by Gasteiger charge is 2.17. The molecule has 0 saturated carbocycles. The maximum atomic E-state index is 5.72. The second-order valence-electron chi connectivity index (χ2n) is 4.22. The van der Waals surface area contributed by atoms with Gasteiger partial charge in [0.25, 0.3) is 0 Å². The summed E-state index contributed by atoms with van der Waals surface area (Å²) in [7, 11) is 0. The molecule has 76 valence electrons. The first-order chi connectivity index (χ1) is 7.93. The van der Waals surface area contributed by atoms with Crippen molar-refractivity contribution in [1.29, 1.82) is 0 Å². The lowest BCUT2D eigenvalue weighted by molar-refractivity contribution is 0.328. The summed E-state index contributed by atoms with van der Waals surface area (Å²) in [4.78, 5) is 0. The zero-order chi connectivity index (χ0) is 10.5. The maximum Gasteiger partial charge on any atom is 0.128 e. The van der Waals surface area contributed by atoms with Gasteiger partial charge >= 0.3 is 0 Å². The monoisotopic (exact) mass is 206 g/mol. The molecule has 0 aliphatic carbocycles. The molecule has 0 spiro atoms. The second-order valence-corrected chi connectivity index (χ2v) is 4.22. The minimum Gasteiger partial charge on any atom is -0.488 e. The average molecular weight is 206 g/mol. The Morgan fingerprint density at radius 1 is 0.875 bits per heavy atom. The molecular formula is C15H10O. The van der Waals surface area contributed by atoms with Crippen LogP contribution in [-0.4, -0.2) is 0 Å². The lowest BCUT2D eigenvalue weighted by atomic mass is 9.98. The van der Waals surface area contributed by atoms with Crippen LogP contribution in [0.25, 0.3) is 21.5 Å². The van der Waals surface area contributed by atoms with E-state index in [9.17, 15) is 0 Å². The van der Waals surface area contributed by atoms with Crippen molar-refractivity contribution in [2.45, 2.75) is 6.61 Å². The van der Waals surface area contributed by atoms with Crippen LogP contribution in [0.3, 0.4) is 0 Å². The van der Waals surface area contributed by atoms with Crippen molar-refractivity contribution >= 4 is 21.5 Å². The SMILES string of the molecule is c1ccc2c3c4c(cccc4cc2c1)OC3. The predicted molar refractivity (Wildman–Crippen MR) is 65.8 cm³/mol. The zero-order valence-corrected chi connectivity index (χ0v) is 8.73. The third kappa shape index (κ3) is 0.904. The largest absolute Gasteiger partial charge is 0.488 e. The van der Waals surface area contributed by atoms with Crippen LogP contribution in [0.5, 0.6) is 5.75 Å². The van der Waals surface area contributed by atoms with Crippen LogP contribution in [0.2, 0.25) is 0 Å². The molecule has 0 amide bonds. The van der Waals surface area contributed by atoms with Crippen LogP contribution in [0, 0.1) is 0 Å². The molecule has 1 heterocycles. The van der Waals surface area contributed by atoms with Crippen LogP contribution in [0.1, 0.15) is 5.56 Å². The Kier molecular flexibility index (Phi) is 1.41. The topological polar surface area (TPSA) is 9.23 Å². The van der Waals surface area contributed by atoms with E-state index in [1.54, 1.807) is 0 Å². The molecule has 4 rings (SSSR count).